The van der Waals surface area contributed by atoms with Gasteiger partial charge in [0, 0.05) is 31.0 Å². The van der Waals surface area contributed by atoms with Crippen LogP contribution in [0.4, 0.5) is 0 Å². The Kier molecular flexibility index (Phi) is 5.54. The molecule has 0 radical (unpaired) electrons. The summed E-state index contributed by atoms with van der Waals surface area (Å²) in [6.07, 6.45) is 6.51. The molecule has 0 saturated carbocycles. The van der Waals surface area contributed by atoms with Crippen molar-refractivity contribution < 1.29 is 4.79 Å². The van der Waals surface area contributed by atoms with Crippen LogP contribution in [0, 0.1) is 0 Å². The minimum absolute atomic E-state index is 0.123. The summed E-state index contributed by atoms with van der Waals surface area (Å²) < 4.78 is 0. The summed E-state index contributed by atoms with van der Waals surface area (Å²) in [5.74, 6) is 0.123. The molecule has 1 aromatic heterocycles. The van der Waals surface area contributed by atoms with E-state index < -0.39 is 0 Å². The van der Waals surface area contributed by atoms with Crippen LogP contribution in [0.2, 0.25) is 0 Å². The second kappa shape index (κ2) is 6.99. The molecule has 1 rings (SSSR count). The van der Waals surface area contributed by atoms with Gasteiger partial charge in [0.2, 0.25) is 0 Å². The first-order valence-electron chi connectivity index (χ1n) is 5.98. The minimum atomic E-state index is 0.123. The van der Waals surface area contributed by atoms with Gasteiger partial charge in [-0.1, -0.05) is 20.3 Å². The molecular weight excluding hydrogens is 200 g/mol. The average molecular weight is 220 g/mol. The Hall–Kier alpha value is -1.38. The summed E-state index contributed by atoms with van der Waals surface area (Å²) in [5.41, 5.74) is 0.736. The first kappa shape index (κ1) is 12.7. The molecule has 1 heterocycles. The fourth-order valence-electron chi connectivity index (χ4n) is 1.61. The van der Waals surface area contributed by atoms with Crippen LogP contribution < -0.4 is 0 Å². The third kappa shape index (κ3) is 3.65. The summed E-state index contributed by atoms with van der Waals surface area (Å²) in [5, 5.41) is 0. The van der Waals surface area contributed by atoms with Crippen molar-refractivity contribution in [3.8, 4) is 0 Å². The smallest absolute Gasteiger partial charge is 0.253 e. The zero-order chi connectivity index (χ0) is 11.8. The van der Waals surface area contributed by atoms with Gasteiger partial charge in [0.1, 0.15) is 0 Å². The summed E-state index contributed by atoms with van der Waals surface area (Å²) >= 11 is 0. The molecule has 0 bridgehead atoms. The summed E-state index contributed by atoms with van der Waals surface area (Å²) in [6, 6.07) is 3.55. The highest BCUT2D eigenvalue weighted by Gasteiger charge is 2.13. The molecule has 1 amide bonds. The lowest BCUT2D eigenvalue weighted by atomic mass is 10.2. The second-order valence-corrected chi connectivity index (χ2v) is 3.88. The van der Waals surface area contributed by atoms with E-state index in [4.69, 9.17) is 0 Å². The highest BCUT2D eigenvalue weighted by Crippen LogP contribution is 2.06. The van der Waals surface area contributed by atoms with E-state index in [1.165, 1.54) is 0 Å². The van der Waals surface area contributed by atoms with E-state index in [2.05, 4.69) is 18.8 Å². The van der Waals surface area contributed by atoms with E-state index in [0.717, 1.165) is 37.9 Å². The molecule has 0 aromatic carbocycles. The third-order valence-corrected chi connectivity index (χ3v) is 2.49. The Morgan fingerprint density at radius 2 is 1.88 bits per heavy atom. The van der Waals surface area contributed by atoms with Crippen molar-refractivity contribution >= 4 is 5.91 Å². The van der Waals surface area contributed by atoms with Crippen molar-refractivity contribution in [1.82, 2.24) is 9.88 Å². The minimum Gasteiger partial charge on any atom is -0.339 e. The molecule has 16 heavy (non-hydrogen) atoms. The zero-order valence-electron chi connectivity index (χ0n) is 10.1. The number of rotatable bonds is 6. The molecule has 0 saturated heterocycles. The van der Waals surface area contributed by atoms with Crippen molar-refractivity contribution in [3.05, 3.63) is 30.1 Å². The largest absolute Gasteiger partial charge is 0.339 e. The van der Waals surface area contributed by atoms with E-state index in [0.29, 0.717) is 0 Å². The maximum atomic E-state index is 12.1. The van der Waals surface area contributed by atoms with Crippen LogP contribution in [0.15, 0.2) is 24.5 Å². The SMILES string of the molecule is CCCCN(CCC)C(=O)c1ccncc1. The van der Waals surface area contributed by atoms with Crippen molar-refractivity contribution in [2.45, 2.75) is 33.1 Å². The number of carbonyl (C=O) groups excluding carboxylic acids is 1. The molecule has 0 fully saturated rings. The van der Waals surface area contributed by atoms with E-state index in [9.17, 15) is 4.79 Å². The lowest BCUT2D eigenvalue weighted by molar-refractivity contribution is 0.0753. The Morgan fingerprint density at radius 1 is 1.19 bits per heavy atom. The monoisotopic (exact) mass is 220 g/mol. The molecule has 3 heteroatoms. The Bertz CT molecular complexity index is 311. The molecule has 0 aliphatic rings. The highest BCUT2D eigenvalue weighted by atomic mass is 16.2. The molecule has 0 unspecified atom stereocenters. The molecule has 0 N–H and O–H groups in total. The molecule has 0 aliphatic carbocycles. The topological polar surface area (TPSA) is 33.2 Å². The standard InChI is InChI=1S/C13H20N2O/c1-3-5-11-15(10-4-2)13(16)12-6-8-14-9-7-12/h6-9H,3-5,10-11H2,1-2H3. The first-order valence-corrected chi connectivity index (χ1v) is 5.98. The Morgan fingerprint density at radius 3 is 2.44 bits per heavy atom. The predicted molar refractivity (Wildman–Crippen MR) is 65.3 cm³/mol. The van der Waals surface area contributed by atoms with Gasteiger partial charge in [-0.05, 0) is 25.0 Å². The quantitative estimate of drug-likeness (QED) is 0.738. The summed E-state index contributed by atoms with van der Waals surface area (Å²) in [4.78, 5) is 18.0. The average Bonchev–Trinajstić information content (AvgIpc) is 2.35. The zero-order valence-corrected chi connectivity index (χ0v) is 10.1. The van der Waals surface area contributed by atoms with Crippen molar-refractivity contribution in [2.75, 3.05) is 13.1 Å². The second-order valence-electron chi connectivity index (χ2n) is 3.88. The van der Waals surface area contributed by atoms with E-state index in [1.54, 1.807) is 24.5 Å². The number of nitrogens with zero attached hydrogens (tertiary/aromatic N) is 2. The van der Waals surface area contributed by atoms with Gasteiger partial charge in [-0.3, -0.25) is 9.78 Å². The van der Waals surface area contributed by atoms with Gasteiger partial charge in [-0.2, -0.15) is 0 Å². The maximum absolute atomic E-state index is 12.1. The summed E-state index contributed by atoms with van der Waals surface area (Å²) in [6.45, 7) is 5.92. The van der Waals surface area contributed by atoms with Gasteiger partial charge in [0.05, 0.1) is 0 Å². The number of hydrogen-bond acceptors (Lipinski definition) is 2. The van der Waals surface area contributed by atoms with Crippen LogP contribution in [-0.4, -0.2) is 28.9 Å². The van der Waals surface area contributed by atoms with Gasteiger partial charge < -0.3 is 4.90 Å². The van der Waals surface area contributed by atoms with Crippen molar-refractivity contribution in [3.63, 3.8) is 0 Å². The van der Waals surface area contributed by atoms with E-state index in [-0.39, 0.29) is 5.91 Å². The molecule has 3 nitrogen and oxygen atoms in total. The predicted octanol–water partition coefficient (Wildman–Crippen LogP) is 2.73. The van der Waals surface area contributed by atoms with Crippen LogP contribution in [0.5, 0.6) is 0 Å². The van der Waals surface area contributed by atoms with Gasteiger partial charge in [-0.15, -0.1) is 0 Å². The Labute approximate surface area is 97.5 Å². The fraction of sp³-hybridized carbons (Fsp3) is 0.538. The highest BCUT2D eigenvalue weighted by molar-refractivity contribution is 5.94. The van der Waals surface area contributed by atoms with Crippen LogP contribution >= 0.6 is 0 Å². The number of aromatic nitrogens is 1. The number of hydrogen-bond donors (Lipinski definition) is 0. The van der Waals surface area contributed by atoms with Gasteiger partial charge >= 0.3 is 0 Å². The number of carbonyl (C=O) groups is 1. The molecule has 1 aromatic rings. The van der Waals surface area contributed by atoms with Gasteiger partial charge in [0.15, 0.2) is 0 Å². The van der Waals surface area contributed by atoms with Gasteiger partial charge in [-0.25, -0.2) is 0 Å². The number of unbranched alkanes of at least 4 members (excludes halogenated alkanes) is 1. The Balaban J connectivity index is 2.67. The summed E-state index contributed by atoms with van der Waals surface area (Å²) in [7, 11) is 0. The fourth-order valence-corrected chi connectivity index (χ4v) is 1.61. The third-order valence-electron chi connectivity index (χ3n) is 2.49. The van der Waals surface area contributed by atoms with Gasteiger partial charge in [0.25, 0.3) is 5.91 Å². The normalized spacial score (nSPS) is 10.1. The molecule has 0 aliphatic heterocycles. The van der Waals surface area contributed by atoms with Crippen LogP contribution in [-0.2, 0) is 0 Å². The van der Waals surface area contributed by atoms with E-state index in [1.807, 2.05) is 4.90 Å². The molecule has 88 valence electrons. The molecule has 0 atom stereocenters. The maximum Gasteiger partial charge on any atom is 0.253 e. The van der Waals surface area contributed by atoms with Crippen molar-refractivity contribution in [2.24, 2.45) is 0 Å². The lowest BCUT2D eigenvalue weighted by Gasteiger charge is -2.21. The van der Waals surface area contributed by atoms with Crippen LogP contribution in [0.1, 0.15) is 43.5 Å². The number of amides is 1. The van der Waals surface area contributed by atoms with Crippen LogP contribution in [0.25, 0.3) is 0 Å². The lowest BCUT2D eigenvalue weighted by Crippen LogP contribution is -2.32. The number of pyridine rings is 1. The van der Waals surface area contributed by atoms with E-state index >= 15 is 0 Å². The first-order chi connectivity index (χ1) is 7.79. The molecular formula is C13H20N2O. The molecule has 0 spiro atoms. The van der Waals surface area contributed by atoms with Crippen molar-refractivity contribution in [1.29, 1.82) is 0 Å². The van der Waals surface area contributed by atoms with Crippen LogP contribution in [0.3, 0.4) is 0 Å².